The van der Waals surface area contributed by atoms with Crippen LogP contribution in [-0.2, 0) is 4.79 Å². The number of hydrogen-bond donors (Lipinski definition) is 3. The van der Waals surface area contributed by atoms with Crippen molar-refractivity contribution >= 4 is 11.8 Å². The first-order valence-corrected chi connectivity index (χ1v) is 5.87. The molecule has 1 atom stereocenters. The van der Waals surface area contributed by atoms with Crippen LogP contribution in [0.25, 0.3) is 0 Å². The van der Waals surface area contributed by atoms with Gasteiger partial charge in [-0.2, -0.15) is 0 Å². The second-order valence-electron chi connectivity index (χ2n) is 3.97. The van der Waals surface area contributed by atoms with Gasteiger partial charge in [-0.15, -0.1) is 0 Å². The molecule has 1 aromatic rings. The summed E-state index contributed by atoms with van der Waals surface area (Å²) in [6.07, 6.45) is 0. The molecule has 0 bridgehead atoms. The van der Waals surface area contributed by atoms with Gasteiger partial charge in [0.1, 0.15) is 18.4 Å². The van der Waals surface area contributed by atoms with Crippen molar-refractivity contribution in [3.8, 4) is 17.6 Å². The highest BCUT2D eigenvalue weighted by molar-refractivity contribution is 5.97. The van der Waals surface area contributed by atoms with Crippen molar-refractivity contribution in [2.45, 2.75) is 13.0 Å². The van der Waals surface area contributed by atoms with E-state index >= 15 is 0 Å². The Hall–Kier alpha value is -2.52. The fourth-order valence-corrected chi connectivity index (χ4v) is 1.43. The molecule has 20 heavy (non-hydrogen) atoms. The number of primary amides is 1. The molecular weight excluding hydrogens is 260 g/mol. The first kappa shape index (κ1) is 15.5. The third-order valence-electron chi connectivity index (χ3n) is 2.54. The largest absolute Gasteiger partial charge is 0.495 e. The van der Waals surface area contributed by atoms with Gasteiger partial charge in [0, 0.05) is 5.56 Å². The number of aliphatic hydroxyl groups excluding tert-OH is 1. The molecule has 0 fully saturated rings. The summed E-state index contributed by atoms with van der Waals surface area (Å²) in [5, 5.41) is 11.2. The molecule has 106 valence electrons. The molecule has 0 aromatic heterocycles. The molecule has 6 nitrogen and oxygen atoms in total. The first-order valence-electron chi connectivity index (χ1n) is 5.87. The van der Waals surface area contributed by atoms with E-state index in [4.69, 9.17) is 15.6 Å². The SMILES string of the molecule is COc1ccc(C(=O)NC(C)C(N)=O)cc1C#CCO. The Kier molecular flexibility index (Phi) is 5.56. The van der Waals surface area contributed by atoms with Crippen molar-refractivity contribution < 1.29 is 19.4 Å². The van der Waals surface area contributed by atoms with Gasteiger partial charge >= 0.3 is 0 Å². The maximum atomic E-state index is 11.9. The lowest BCUT2D eigenvalue weighted by Gasteiger charge is -2.11. The molecule has 0 aliphatic heterocycles. The highest BCUT2D eigenvalue weighted by Gasteiger charge is 2.14. The Morgan fingerprint density at radius 3 is 2.75 bits per heavy atom. The maximum absolute atomic E-state index is 11.9. The number of nitrogens with one attached hydrogen (secondary N) is 1. The molecule has 1 aromatic carbocycles. The van der Waals surface area contributed by atoms with Crippen LogP contribution in [0.1, 0.15) is 22.8 Å². The molecule has 6 heteroatoms. The molecule has 0 saturated heterocycles. The van der Waals surface area contributed by atoms with Crippen LogP contribution in [0.5, 0.6) is 5.75 Å². The molecular formula is C14H16N2O4. The quantitative estimate of drug-likeness (QED) is 0.654. The molecule has 4 N–H and O–H groups in total. The smallest absolute Gasteiger partial charge is 0.251 e. The lowest BCUT2D eigenvalue weighted by Crippen LogP contribution is -2.42. The van der Waals surface area contributed by atoms with Crippen molar-refractivity contribution in [3.05, 3.63) is 29.3 Å². The van der Waals surface area contributed by atoms with E-state index in [1.807, 2.05) is 0 Å². The van der Waals surface area contributed by atoms with Crippen LogP contribution in [0.3, 0.4) is 0 Å². The normalized spacial score (nSPS) is 10.9. The summed E-state index contributed by atoms with van der Waals surface area (Å²) in [6.45, 7) is 1.20. The topological polar surface area (TPSA) is 102 Å². The molecule has 0 spiro atoms. The van der Waals surface area contributed by atoms with Crippen molar-refractivity contribution in [2.75, 3.05) is 13.7 Å². The van der Waals surface area contributed by atoms with E-state index in [-0.39, 0.29) is 6.61 Å². The highest BCUT2D eigenvalue weighted by Crippen LogP contribution is 2.18. The molecule has 0 heterocycles. The van der Waals surface area contributed by atoms with Crippen molar-refractivity contribution in [1.29, 1.82) is 0 Å². The van der Waals surface area contributed by atoms with Crippen LogP contribution in [0.15, 0.2) is 18.2 Å². The predicted octanol–water partition coefficient (Wildman–Crippen LogP) is -0.357. The fraction of sp³-hybridized carbons (Fsp3) is 0.286. The monoisotopic (exact) mass is 276 g/mol. The molecule has 0 radical (unpaired) electrons. The number of aliphatic hydroxyl groups is 1. The summed E-state index contributed by atoms with van der Waals surface area (Å²) in [7, 11) is 1.48. The van der Waals surface area contributed by atoms with E-state index < -0.39 is 17.9 Å². The number of ether oxygens (including phenoxy) is 1. The minimum Gasteiger partial charge on any atom is -0.495 e. The number of benzene rings is 1. The zero-order valence-corrected chi connectivity index (χ0v) is 11.3. The lowest BCUT2D eigenvalue weighted by atomic mass is 10.1. The first-order chi connectivity index (χ1) is 9.49. The number of hydrogen-bond acceptors (Lipinski definition) is 4. The van der Waals surface area contributed by atoms with Gasteiger partial charge in [0.05, 0.1) is 12.7 Å². The number of methoxy groups -OCH3 is 1. The van der Waals surface area contributed by atoms with E-state index in [2.05, 4.69) is 17.2 Å². The average Bonchev–Trinajstić information content (AvgIpc) is 2.44. The highest BCUT2D eigenvalue weighted by atomic mass is 16.5. The maximum Gasteiger partial charge on any atom is 0.251 e. The van der Waals surface area contributed by atoms with Crippen LogP contribution >= 0.6 is 0 Å². The number of carbonyl (C=O) groups excluding carboxylic acids is 2. The summed E-state index contributed by atoms with van der Waals surface area (Å²) < 4.78 is 5.11. The van der Waals surface area contributed by atoms with Crippen molar-refractivity contribution in [2.24, 2.45) is 5.73 Å². The molecule has 0 aliphatic rings. The Bertz CT molecular complexity index is 572. The Labute approximate surface area is 116 Å². The zero-order valence-electron chi connectivity index (χ0n) is 11.3. The summed E-state index contributed by atoms with van der Waals surface area (Å²) in [5.41, 5.74) is 5.87. The van der Waals surface area contributed by atoms with E-state index in [0.29, 0.717) is 16.9 Å². The van der Waals surface area contributed by atoms with Crippen LogP contribution in [0.2, 0.25) is 0 Å². The predicted molar refractivity (Wildman–Crippen MR) is 73.1 cm³/mol. The molecule has 0 aliphatic carbocycles. The summed E-state index contributed by atoms with van der Waals surface area (Å²) in [4.78, 5) is 22.8. The van der Waals surface area contributed by atoms with Gasteiger partial charge in [0.15, 0.2) is 0 Å². The van der Waals surface area contributed by atoms with Crippen LogP contribution in [0, 0.1) is 11.8 Å². The molecule has 0 saturated carbocycles. The summed E-state index contributed by atoms with van der Waals surface area (Å²) >= 11 is 0. The Balaban J connectivity index is 3.02. The van der Waals surface area contributed by atoms with Gasteiger partial charge < -0.3 is 20.9 Å². The Morgan fingerprint density at radius 2 is 2.20 bits per heavy atom. The van der Waals surface area contributed by atoms with Gasteiger partial charge in [-0.3, -0.25) is 9.59 Å². The van der Waals surface area contributed by atoms with E-state index in [0.717, 1.165) is 0 Å². The van der Waals surface area contributed by atoms with Gasteiger partial charge in [-0.05, 0) is 25.1 Å². The van der Waals surface area contributed by atoms with Crippen molar-refractivity contribution in [3.63, 3.8) is 0 Å². The molecule has 1 rings (SSSR count). The number of rotatable bonds is 4. The standard InChI is InChI=1S/C14H16N2O4/c1-9(13(15)18)16-14(19)11-5-6-12(20-2)10(8-11)4-3-7-17/h5-6,8-9,17H,7H2,1-2H3,(H2,15,18)(H,16,19). The third kappa shape index (κ3) is 4.00. The zero-order chi connectivity index (χ0) is 15.1. The van der Waals surface area contributed by atoms with E-state index in [9.17, 15) is 9.59 Å². The van der Waals surface area contributed by atoms with E-state index in [1.54, 1.807) is 12.1 Å². The van der Waals surface area contributed by atoms with Gasteiger partial charge in [-0.1, -0.05) is 11.8 Å². The second kappa shape index (κ2) is 7.16. The minimum absolute atomic E-state index is 0.293. The third-order valence-corrected chi connectivity index (χ3v) is 2.54. The van der Waals surface area contributed by atoms with Crippen LogP contribution in [0.4, 0.5) is 0 Å². The van der Waals surface area contributed by atoms with Crippen molar-refractivity contribution in [1.82, 2.24) is 5.32 Å². The van der Waals surface area contributed by atoms with Crippen LogP contribution < -0.4 is 15.8 Å². The molecule has 2 amide bonds. The average molecular weight is 276 g/mol. The number of nitrogens with two attached hydrogens (primary N) is 1. The lowest BCUT2D eigenvalue weighted by molar-refractivity contribution is -0.119. The second-order valence-corrected chi connectivity index (χ2v) is 3.97. The molecule has 1 unspecified atom stereocenters. The van der Waals surface area contributed by atoms with Gasteiger partial charge in [0.2, 0.25) is 5.91 Å². The summed E-state index contributed by atoms with van der Waals surface area (Å²) in [6, 6.07) is 3.89. The van der Waals surface area contributed by atoms with E-state index in [1.165, 1.54) is 20.1 Å². The van der Waals surface area contributed by atoms with Gasteiger partial charge in [0.25, 0.3) is 5.91 Å². The number of amides is 2. The van der Waals surface area contributed by atoms with Crippen LogP contribution in [-0.4, -0.2) is 36.7 Å². The fourth-order valence-electron chi connectivity index (χ4n) is 1.43. The minimum atomic E-state index is -0.767. The number of carbonyl (C=O) groups is 2. The Morgan fingerprint density at radius 1 is 1.50 bits per heavy atom. The van der Waals surface area contributed by atoms with Gasteiger partial charge in [-0.25, -0.2) is 0 Å². The summed E-state index contributed by atoms with van der Waals surface area (Å²) in [5.74, 6) is 4.61.